The summed E-state index contributed by atoms with van der Waals surface area (Å²) in [6.45, 7) is 10.6. The zero-order valence-electron chi connectivity index (χ0n) is 19.4. The second kappa shape index (κ2) is 12.3. The van der Waals surface area contributed by atoms with Gasteiger partial charge < -0.3 is 20.1 Å². The summed E-state index contributed by atoms with van der Waals surface area (Å²) < 4.78 is 5.51. The van der Waals surface area contributed by atoms with Crippen molar-refractivity contribution in [3.63, 3.8) is 0 Å². The number of pyridine rings is 1. The minimum Gasteiger partial charge on any atom is -0.359 e. The average molecular weight is 427 g/mol. The van der Waals surface area contributed by atoms with Gasteiger partial charge in [-0.25, -0.2) is 9.98 Å². The van der Waals surface area contributed by atoms with E-state index in [2.05, 4.69) is 64.6 Å². The lowest BCUT2D eigenvalue weighted by Crippen LogP contribution is -2.36. The van der Waals surface area contributed by atoms with Crippen molar-refractivity contribution in [1.29, 1.82) is 0 Å². The Morgan fingerprint density at radius 1 is 1.10 bits per heavy atom. The molecule has 1 fully saturated rings. The molecule has 7 nitrogen and oxygen atoms in total. The smallest absolute Gasteiger partial charge is 0.191 e. The van der Waals surface area contributed by atoms with Gasteiger partial charge in [0, 0.05) is 37.8 Å². The van der Waals surface area contributed by atoms with Crippen molar-refractivity contribution in [2.45, 2.75) is 78.3 Å². The Morgan fingerprint density at radius 3 is 2.52 bits per heavy atom. The highest BCUT2D eigenvalue weighted by molar-refractivity contribution is 5.79. The van der Waals surface area contributed by atoms with Crippen molar-refractivity contribution < 1.29 is 4.52 Å². The van der Waals surface area contributed by atoms with Crippen LogP contribution in [0.3, 0.4) is 0 Å². The van der Waals surface area contributed by atoms with Crippen LogP contribution in [0.25, 0.3) is 0 Å². The normalized spacial score (nSPS) is 15.2. The first-order chi connectivity index (χ1) is 15.2. The van der Waals surface area contributed by atoms with Gasteiger partial charge >= 0.3 is 0 Å². The molecule has 31 heavy (non-hydrogen) atoms. The van der Waals surface area contributed by atoms with E-state index >= 15 is 0 Å². The topological polar surface area (TPSA) is 78.6 Å². The lowest BCUT2D eigenvalue weighted by molar-refractivity contribution is 0.368. The van der Waals surface area contributed by atoms with Gasteiger partial charge in [0.05, 0.1) is 18.8 Å². The van der Waals surface area contributed by atoms with E-state index in [0.29, 0.717) is 19.0 Å². The Balaban J connectivity index is 1.55. The number of aromatic nitrogens is 2. The van der Waals surface area contributed by atoms with Crippen LogP contribution in [-0.2, 0) is 13.1 Å². The third-order valence-corrected chi connectivity index (χ3v) is 5.91. The minimum absolute atomic E-state index is 0.462. The SMILES string of the molecule is CCNC(=NCc1ccc(N2CCCCCC2)nc1)NCc1cc(C(CC)CC)no1. The molecule has 0 unspecified atom stereocenters. The van der Waals surface area contributed by atoms with Gasteiger partial charge in [0.1, 0.15) is 5.82 Å². The largest absolute Gasteiger partial charge is 0.359 e. The predicted molar refractivity (Wildman–Crippen MR) is 126 cm³/mol. The molecular formula is C24H38N6O. The maximum absolute atomic E-state index is 5.51. The second-order valence-corrected chi connectivity index (χ2v) is 8.21. The molecule has 0 bridgehead atoms. The van der Waals surface area contributed by atoms with E-state index in [-0.39, 0.29) is 0 Å². The van der Waals surface area contributed by atoms with E-state index < -0.39 is 0 Å². The summed E-state index contributed by atoms with van der Waals surface area (Å²) >= 11 is 0. The molecule has 0 atom stereocenters. The number of hydrogen-bond acceptors (Lipinski definition) is 5. The predicted octanol–water partition coefficient (Wildman–Crippen LogP) is 4.61. The molecule has 0 amide bonds. The number of nitrogens with zero attached hydrogens (tertiary/aromatic N) is 4. The van der Waals surface area contributed by atoms with Crippen LogP contribution in [-0.4, -0.2) is 35.7 Å². The Hall–Kier alpha value is -2.57. The number of nitrogens with one attached hydrogen (secondary N) is 2. The standard InChI is InChI=1S/C24H38N6O/c1-4-20(5-2)22-15-21(31-29-22)18-28-24(25-6-3)27-17-19-11-12-23(26-16-19)30-13-9-7-8-10-14-30/h11-12,15-16,20H,4-10,13-14,17-18H2,1-3H3,(H2,25,27,28). The molecule has 7 heteroatoms. The summed E-state index contributed by atoms with van der Waals surface area (Å²) in [6, 6.07) is 6.32. The van der Waals surface area contributed by atoms with Crippen LogP contribution in [0.1, 0.15) is 82.2 Å². The maximum Gasteiger partial charge on any atom is 0.191 e. The molecule has 0 aliphatic carbocycles. The van der Waals surface area contributed by atoms with Crippen molar-refractivity contribution in [3.05, 3.63) is 41.4 Å². The third kappa shape index (κ3) is 6.97. The second-order valence-electron chi connectivity index (χ2n) is 8.21. The average Bonchev–Trinajstić information content (AvgIpc) is 3.09. The first kappa shape index (κ1) is 23.1. The Labute approximate surface area is 186 Å². The fraction of sp³-hybridized carbons (Fsp3) is 0.625. The highest BCUT2D eigenvalue weighted by Crippen LogP contribution is 2.22. The molecule has 1 aliphatic rings. The van der Waals surface area contributed by atoms with Crippen molar-refractivity contribution in [2.24, 2.45) is 4.99 Å². The fourth-order valence-electron chi connectivity index (χ4n) is 3.99. The lowest BCUT2D eigenvalue weighted by atomic mass is 9.99. The van der Waals surface area contributed by atoms with Crippen LogP contribution in [0.4, 0.5) is 5.82 Å². The summed E-state index contributed by atoms with van der Waals surface area (Å²) in [5, 5.41) is 10.9. The van der Waals surface area contributed by atoms with Gasteiger partial charge in [0.2, 0.25) is 0 Å². The van der Waals surface area contributed by atoms with Gasteiger partial charge in [-0.05, 0) is 44.2 Å². The summed E-state index contributed by atoms with van der Waals surface area (Å²) in [6.07, 6.45) is 9.28. The van der Waals surface area contributed by atoms with E-state index in [1.807, 2.05) is 6.20 Å². The summed E-state index contributed by atoms with van der Waals surface area (Å²) in [7, 11) is 0. The van der Waals surface area contributed by atoms with Crippen LogP contribution < -0.4 is 15.5 Å². The molecule has 0 radical (unpaired) electrons. The summed E-state index contributed by atoms with van der Waals surface area (Å²) in [5.74, 6) is 3.14. The fourth-order valence-corrected chi connectivity index (χ4v) is 3.99. The van der Waals surface area contributed by atoms with E-state index in [1.165, 1.54) is 25.7 Å². The third-order valence-electron chi connectivity index (χ3n) is 5.91. The first-order valence-corrected chi connectivity index (χ1v) is 11.9. The van der Waals surface area contributed by atoms with Crippen molar-refractivity contribution in [2.75, 3.05) is 24.5 Å². The molecular weight excluding hydrogens is 388 g/mol. The van der Waals surface area contributed by atoms with E-state index in [4.69, 9.17) is 9.52 Å². The molecule has 2 aromatic rings. The molecule has 0 saturated carbocycles. The molecule has 1 saturated heterocycles. The van der Waals surface area contributed by atoms with Crippen LogP contribution in [0.5, 0.6) is 0 Å². The van der Waals surface area contributed by atoms with Gasteiger partial charge in [-0.1, -0.05) is 37.9 Å². The first-order valence-electron chi connectivity index (χ1n) is 11.9. The molecule has 3 rings (SSSR count). The summed E-state index contributed by atoms with van der Waals surface area (Å²) in [5.41, 5.74) is 2.14. The Kier molecular flexibility index (Phi) is 9.18. The molecule has 0 spiro atoms. The summed E-state index contributed by atoms with van der Waals surface area (Å²) in [4.78, 5) is 11.8. The minimum atomic E-state index is 0.462. The van der Waals surface area contributed by atoms with Gasteiger partial charge in [-0.3, -0.25) is 0 Å². The highest BCUT2D eigenvalue weighted by Gasteiger charge is 2.13. The quantitative estimate of drug-likeness (QED) is 0.450. The Morgan fingerprint density at radius 2 is 1.87 bits per heavy atom. The van der Waals surface area contributed by atoms with Gasteiger partial charge in [0.25, 0.3) is 0 Å². The van der Waals surface area contributed by atoms with Crippen LogP contribution in [0, 0.1) is 0 Å². The van der Waals surface area contributed by atoms with E-state index in [1.54, 1.807) is 0 Å². The number of anilines is 1. The van der Waals surface area contributed by atoms with Crippen molar-refractivity contribution in [3.8, 4) is 0 Å². The van der Waals surface area contributed by atoms with Crippen LogP contribution in [0.2, 0.25) is 0 Å². The van der Waals surface area contributed by atoms with E-state index in [0.717, 1.165) is 61.3 Å². The Bertz CT molecular complexity index is 789. The number of hydrogen-bond donors (Lipinski definition) is 2. The van der Waals surface area contributed by atoms with Gasteiger partial charge in [-0.2, -0.15) is 0 Å². The molecule has 0 aromatic carbocycles. The maximum atomic E-state index is 5.51. The number of aliphatic imine (C=N–C) groups is 1. The van der Waals surface area contributed by atoms with Crippen molar-refractivity contribution in [1.82, 2.24) is 20.8 Å². The molecule has 2 aromatic heterocycles. The molecule has 170 valence electrons. The number of rotatable bonds is 9. The van der Waals surface area contributed by atoms with E-state index in [9.17, 15) is 0 Å². The number of guanidine groups is 1. The molecule has 2 N–H and O–H groups in total. The van der Waals surface area contributed by atoms with Gasteiger partial charge in [-0.15, -0.1) is 0 Å². The van der Waals surface area contributed by atoms with Gasteiger partial charge in [0.15, 0.2) is 11.7 Å². The molecule has 1 aliphatic heterocycles. The van der Waals surface area contributed by atoms with Crippen molar-refractivity contribution >= 4 is 11.8 Å². The molecule has 3 heterocycles. The highest BCUT2D eigenvalue weighted by atomic mass is 16.5. The monoisotopic (exact) mass is 426 g/mol. The van der Waals surface area contributed by atoms with Crippen LogP contribution in [0.15, 0.2) is 33.9 Å². The lowest BCUT2D eigenvalue weighted by Gasteiger charge is -2.21. The zero-order valence-corrected chi connectivity index (χ0v) is 19.4. The van der Waals surface area contributed by atoms with Crippen LogP contribution >= 0.6 is 0 Å². The zero-order chi connectivity index (χ0) is 21.9.